The zero-order chi connectivity index (χ0) is 21.1. The molecule has 1 aromatic heterocycles. The van der Waals surface area contributed by atoms with E-state index in [-0.39, 0.29) is 10.7 Å². The van der Waals surface area contributed by atoms with Crippen molar-refractivity contribution in [1.29, 1.82) is 0 Å². The second kappa shape index (κ2) is 8.48. The van der Waals surface area contributed by atoms with Crippen molar-refractivity contribution in [3.05, 3.63) is 75.2 Å². The summed E-state index contributed by atoms with van der Waals surface area (Å²) in [5.41, 5.74) is 0.279. The zero-order valence-corrected chi connectivity index (χ0v) is 16.7. The standard InChI is InChI=1S/C20H18ClF2N3O3/c1-25(11-12-4-6-14(28-2)9-18(12)29-3)17-10-24-26(20(27)19(17)21)16-7-5-13(22)8-15(16)23/h4-10H,11H2,1-3H3. The Hall–Kier alpha value is -3.13. The number of nitrogens with zero attached hydrogens (tertiary/aromatic N) is 3. The number of hydrogen-bond acceptors (Lipinski definition) is 5. The van der Waals surface area contributed by atoms with Gasteiger partial charge in [0, 0.05) is 31.3 Å². The molecule has 0 aliphatic heterocycles. The van der Waals surface area contributed by atoms with Crippen LogP contribution in [0, 0.1) is 11.6 Å². The molecule has 0 N–H and O–H groups in total. The third-order valence-corrected chi connectivity index (χ3v) is 4.71. The van der Waals surface area contributed by atoms with Crippen LogP contribution in [0.15, 0.2) is 47.4 Å². The van der Waals surface area contributed by atoms with Gasteiger partial charge in [0.05, 0.1) is 26.1 Å². The Labute approximate surface area is 170 Å². The second-order valence-electron chi connectivity index (χ2n) is 6.19. The average Bonchev–Trinajstić information content (AvgIpc) is 2.70. The molecule has 0 fully saturated rings. The Morgan fingerprint density at radius 2 is 1.90 bits per heavy atom. The average molecular weight is 422 g/mol. The van der Waals surface area contributed by atoms with E-state index in [1.807, 2.05) is 6.07 Å². The van der Waals surface area contributed by atoms with Crippen molar-refractivity contribution in [3.63, 3.8) is 0 Å². The fraction of sp³-hybridized carbons (Fsp3) is 0.200. The van der Waals surface area contributed by atoms with E-state index in [0.29, 0.717) is 29.8 Å². The van der Waals surface area contributed by atoms with Gasteiger partial charge in [0.1, 0.15) is 28.0 Å². The van der Waals surface area contributed by atoms with Crippen molar-refractivity contribution in [1.82, 2.24) is 9.78 Å². The van der Waals surface area contributed by atoms with Crippen molar-refractivity contribution in [3.8, 4) is 17.2 Å². The van der Waals surface area contributed by atoms with Gasteiger partial charge in [0.15, 0.2) is 5.82 Å². The summed E-state index contributed by atoms with van der Waals surface area (Å²) in [4.78, 5) is 14.3. The van der Waals surface area contributed by atoms with Crippen molar-refractivity contribution in [2.75, 3.05) is 26.2 Å². The Morgan fingerprint density at radius 3 is 2.55 bits per heavy atom. The van der Waals surface area contributed by atoms with Gasteiger partial charge in [-0.2, -0.15) is 9.78 Å². The van der Waals surface area contributed by atoms with Crippen molar-refractivity contribution in [2.24, 2.45) is 0 Å². The minimum absolute atomic E-state index is 0.140. The first-order chi connectivity index (χ1) is 13.8. The largest absolute Gasteiger partial charge is 0.497 e. The molecule has 6 nitrogen and oxygen atoms in total. The molecule has 3 rings (SSSR count). The molecule has 0 radical (unpaired) electrons. The van der Waals surface area contributed by atoms with Gasteiger partial charge in [0.2, 0.25) is 0 Å². The quantitative estimate of drug-likeness (QED) is 0.605. The first-order valence-corrected chi connectivity index (χ1v) is 8.88. The fourth-order valence-electron chi connectivity index (χ4n) is 2.84. The van der Waals surface area contributed by atoms with E-state index < -0.39 is 17.2 Å². The van der Waals surface area contributed by atoms with E-state index >= 15 is 0 Å². The van der Waals surface area contributed by atoms with Gasteiger partial charge in [-0.15, -0.1) is 0 Å². The highest BCUT2D eigenvalue weighted by Crippen LogP contribution is 2.28. The van der Waals surface area contributed by atoms with Gasteiger partial charge in [-0.3, -0.25) is 4.79 Å². The Bertz CT molecular complexity index is 1100. The van der Waals surface area contributed by atoms with Crippen LogP contribution in [0.2, 0.25) is 5.02 Å². The molecule has 3 aromatic rings. The SMILES string of the molecule is COc1ccc(CN(C)c2cnn(-c3ccc(F)cc3F)c(=O)c2Cl)c(OC)c1. The van der Waals surface area contributed by atoms with E-state index in [1.54, 1.807) is 38.3 Å². The van der Waals surface area contributed by atoms with Gasteiger partial charge in [0.25, 0.3) is 5.56 Å². The molecule has 0 bridgehead atoms. The maximum absolute atomic E-state index is 14.0. The smallest absolute Gasteiger partial charge is 0.292 e. The van der Waals surface area contributed by atoms with Gasteiger partial charge >= 0.3 is 0 Å². The number of hydrogen-bond donors (Lipinski definition) is 0. The molecular weight excluding hydrogens is 404 g/mol. The number of rotatable bonds is 6. The van der Waals surface area contributed by atoms with Crippen LogP contribution in [0.25, 0.3) is 5.69 Å². The van der Waals surface area contributed by atoms with Crippen molar-refractivity contribution >= 4 is 17.3 Å². The third-order valence-electron chi connectivity index (χ3n) is 4.35. The summed E-state index contributed by atoms with van der Waals surface area (Å²) in [5.74, 6) is -0.409. The summed E-state index contributed by atoms with van der Waals surface area (Å²) in [6.07, 6.45) is 1.35. The topological polar surface area (TPSA) is 56.6 Å². The predicted octanol–water partition coefficient (Wildman–Crippen LogP) is 3.82. The van der Waals surface area contributed by atoms with Crippen LogP contribution in [0.1, 0.15) is 5.56 Å². The van der Waals surface area contributed by atoms with E-state index in [1.165, 1.54) is 6.20 Å². The minimum Gasteiger partial charge on any atom is -0.497 e. The molecule has 0 spiro atoms. The highest BCUT2D eigenvalue weighted by molar-refractivity contribution is 6.33. The molecule has 0 atom stereocenters. The first-order valence-electron chi connectivity index (χ1n) is 8.51. The van der Waals surface area contributed by atoms with Gasteiger partial charge in [-0.05, 0) is 24.3 Å². The highest BCUT2D eigenvalue weighted by atomic mass is 35.5. The number of anilines is 1. The van der Waals surface area contributed by atoms with Crippen molar-refractivity contribution in [2.45, 2.75) is 6.54 Å². The van der Waals surface area contributed by atoms with Crippen molar-refractivity contribution < 1.29 is 18.3 Å². The minimum atomic E-state index is -0.917. The normalized spacial score (nSPS) is 10.7. The molecule has 29 heavy (non-hydrogen) atoms. The van der Waals surface area contributed by atoms with Crippen LogP contribution in [-0.4, -0.2) is 31.0 Å². The predicted molar refractivity (Wildman–Crippen MR) is 106 cm³/mol. The summed E-state index contributed by atoms with van der Waals surface area (Å²) >= 11 is 6.25. The number of ether oxygens (including phenoxy) is 2. The maximum Gasteiger partial charge on any atom is 0.292 e. The zero-order valence-electron chi connectivity index (χ0n) is 15.9. The van der Waals surface area contributed by atoms with Crippen LogP contribution < -0.4 is 19.9 Å². The van der Waals surface area contributed by atoms with E-state index in [0.717, 1.165) is 22.4 Å². The highest BCUT2D eigenvalue weighted by Gasteiger charge is 2.17. The van der Waals surface area contributed by atoms with E-state index in [9.17, 15) is 13.6 Å². The summed E-state index contributed by atoms with van der Waals surface area (Å²) in [6.45, 7) is 0.364. The van der Waals surface area contributed by atoms with Crippen LogP contribution in [0.3, 0.4) is 0 Å². The molecule has 0 unspecified atom stereocenters. The number of aromatic nitrogens is 2. The van der Waals surface area contributed by atoms with Crippen LogP contribution >= 0.6 is 11.6 Å². The summed E-state index contributed by atoms with van der Waals surface area (Å²) in [7, 11) is 4.84. The number of halogens is 3. The molecule has 0 saturated heterocycles. The Morgan fingerprint density at radius 1 is 1.14 bits per heavy atom. The maximum atomic E-state index is 14.0. The van der Waals surface area contributed by atoms with Gasteiger partial charge in [-0.1, -0.05) is 11.6 Å². The van der Waals surface area contributed by atoms with E-state index in [2.05, 4.69) is 5.10 Å². The summed E-state index contributed by atoms with van der Waals surface area (Å²) < 4.78 is 38.5. The lowest BCUT2D eigenvalue weighted by molar-refractivity contribution is 0.391. The molecule has 0 aliphatic rings. The monoisotopic (exact) mass is 421 g/mol. The molecular formula is C20H18ClF2N3O3. The lowest BCUT2D eigenvalue weighted by atomic mass is 10.1. The molecule has 152 valence electrons. The molecule has 0 saturated carbocycles. The number of methoxy groups -OCH3 is 2. The molecule has 9 heteroatoms. The lowest BCUT2D eigenvalue weighted by Gasteiger charge is -2.22. The van der Waals surface area contributed by atoms with E-state index in [4.69, 9.17) is 21.1 Å². The Kier molecular flexibility index (Phi) is 6.03. The summed E-state index contributed by atoms with van der Waals surface area (Å²) in [5, 5.41) is 3.86. The second-order valence-corrected chi connectivity index (χ2v) is 6.57. The fourth-order valence-corrected chi connectivity index (χ4v) is 3.11. The molecule has 0 aliphatic carbocycles. The third kappa shape index (κ3) is 4.17. The van der Waals surface area contributed by atoms with Gasteiger partial charge in [-0.25, -0.2) is 8.78 Å². The molecule has 0 amide bonds. The lowest BCUT2D eigenvalue weighted by Crippen LogP contribution is -2.26. The first kappa shape index (κ1) is 20.6. The van der Waals surface area contributed by atoms with Gasteiger partial charge < -0.3 is 14.4 Å². The van der Waals surface area contributed by atoms with Crippen LogP contribution in [0.5, 0.6) is 11.5 Å². The number of benzene rings is 2. The summed E-state index contributed by atoms with van der Waals surface area (Å²) in [6, 6.07) is 8.22. The Balaban J connectivity index is 1.94. The van der Waals surface area contributed by atoms with Crippen LogP contribution in [-0.2, 0) is 6.54 Å². The molecule has 2 aromatic carbocycles. The molecule has 1 heterocycles. The van der Waals surface area contributed by atoms with Crippen LogP contribution in [0.4, 0.5) is 14.5 Å².